The van der Waals surface area contributed by atoms with Crippen molar-refractivity contribution in [2.24, 2.45) is 0 Å². The van der Waals surface area contributed by atoms with E-state index in [1.807, 2.05) is 20.8 Å². The van der Waals surface area contributed by atoms with Crippen molar-refractivity contribution in [3.8, 4) is 11.6 Å². The Labute approximate surface area is 131 Å². The molecule has 0 saturated heterocycles. The summed E-state index contributed by atoms with van der Waals surface area (Å²) in [7, 11) is 0. The van der Waals surface area contributed by atoms with E-state index in [-0.39, 0.29) is 11.7 Å². The maximum absolute atomic E-state index is 13.3. The molecule has 0 fully saturated rings. The largest absolute Gasteiger partial charge is 0.438 e. The SMILES string of the molecule is CCNc1cc(Oc2cc(F)ccc2Br)nc(C(C)C)n1. The zero-order valence-corrected chi connectivity index (χ0v) is 13.7. The quantitative estimate of drug-likeness (QED) is 0.844. The molecule has 0 aliphatic carbocycles. The molecule has 2 rings (SSSR count). The molecule has 0 spiro atoms. The van der Waals surface area contributed by atoms with Gasteiger partial charge in [0, 0.05) is 24.6 Å². The van der Waals surface area contributed by atoms with Crippen LogP contribution in [0.4, 0.5) is 10.2 Å². The Hall–Kier alpha value is -1.69. The average Bonchev–Trinajstić information content (AvgIpc) is 2.43. The predicted octanol–water partition coefficient (Wildman–Crippen LogP) is 4.73. The smallest absolute Gasteiger partial charge is 0.224 e. The summed E-state index contributed by atoms with van der Waals surface area (Å²) in [4.78, 5) is 8.78. The van der Waals surface area contributed by atoms with Crippen LogP contribution < -0.4 is 10.1 Å². The maximum atomic E-state index is 13.3. The molecule has 0 unspecified atom stereocenters. The van der Waals surface area contributed by atoms with Crippen molar-refractivity contribution in [2.45, 2.75) is 26.7 Å². The van der Waals surface area contributed by atoms with Crippen molar-refractivity contribution >= 4 is 21.7 Å². The fourth-order valence-corrected chi connectivity index (χ4v) is 2.02. The number of benzene rings is 1. The number of nitrogens with zero attached hydrogens (tertiary/aromatic N) is 2. The number of nitrogens with one attached hydrogen (secondary N) is 1. The molecule has 0 aliphatic rings. The minimum absolute atomic E-state index is 0.168. The van der Waals surface area contributed by atoms with Crippen LogP contribution in [0.15, 0.2) is 28.7 Å². The Morgan fingerprint density at radius 3 is 2.71 bits per heavy atom. The van der Waals surface area contributed by atoms with Gasteiger partial charge in [-0.05, 0) is 35.0 Å². The number of ether oxygens (including phenoxy) is 1. The fourth-order valence-electron chi connectivity index (χ4n) is 1.69. The molecule has 0 radical (unpaired) electrons. The van der Waals surface area contributed by atoms with Crippen LogP contribution in [0.3, 0.4) is 0 Å². The van der Waals surface area contributed by atoms with Crippen molar-refractivity contribution in [1.82, 2.24) is 9.97 Å². The van der Waals surface area contributed by atoms with Gasteiger partial charge in [0.15, 0.2) is 0 Å². The van der Waals surface area contributed by atoms with E-state index in [4.69, 9.17) is 4.74 Å². The van der Waals surface area contributed by atoms with E-state index in [1.54, 1.807) is 12.1 Å². The monoisotopic (exact) mass is 353 g/mol. The first kappa shape index (κ1) is 15.7. The Morgan fingerprint density at radius 2 is 2.05 bits per heavy atom. The summed E-state index contributed by atoms with van der Waals surface area (Å²) in [5, 5.41) is 3.14. The number of anilines is 1. The zero-order chi connectivity index (χ0) is 15.4. The summed E-state index contributed by atoms with van der Waals surface area (Å²) in [6.07, 6.45) is 0. The van der Waals surface area contributed by atoms with Gasteiger partial charge in [0.25, 0.3) is 0 Å². The lowest BCUT2D eigenvalue weighted by Gasteiger charge is -2.12. The van der Waals surface area contributed by atoms with Gasteiger partial charge in [0.05, 0.1) is 4.47 Å². The van der Waals surface area contributed by atoms with Crippen LogP contribution in [0.2, 0.25) is 0 Å². The molecule has 1 aromatic heterocycles. The molecule has 112 valence electrons. The van der Waals surface area contributed by atoms with Crippen LogP contribution in [-0.4, -0.2) is 16.5 Å². The van der Waals surface area contributed by atoms with Gasteiger partial charge in [-0.1, -0.05) is 13.8 Å². The summed E-state index contributed by atoms with van der Waals surface area (Å²) in [5.74, 6) is 1.94. The van der Waals surface area contributed by atoms with Crippen molar-refractivity contribution in [3.63, 3.8) is 0 Å². The molecule has 6 heteroatoms. The van der Waals surface area contributed by atoms with Gasteiger partial charge in [-0.15, -0.1) is 0 Å². The van der Waals surface area contributed by atoms with Gasteiger partial charge in [-0.3, -0.25) is 0 Å². The zero-order valence-electron chi connectivity index (χ0n) is 12.2. The van der Waals surface area contributed by atoms with E-state index in [9.17, 15) is 4.39 Å². The van der Waals surface area contributed by atoms with Crippen LogP contribution >= 0.6 is 15.9 Å². The number of rotatable bonds is 5. The molecule has 1 aromatic carbocycles. The topological polar surface area (TPSA) is 47.0 Å². The summed E-state index contributed by atoms with van der Waals surface area (Å²) >= 11 is 3.33. The van der Waals surface area contributed by atoms with Gasteiger partial charge in [0.2, 0.25) is 5.88 Å². The summed E-state index contributed by atoms with van der Waals surface area (Å²) < 4.78 is 19.7. The van der Waals surface area contributed by atoms with Crippen LogP contribution in [0.5, 0.6) is 11.6 Å². The highest BCUT2D eigenvalue weighted by Crippen LogP contribution is 2.30. The van der Waals surface area contributed by atoms with Crippen LogP contribution in [0.1, 0.15) is 32.5 Å². The summed E-state index contributed by atoms with van der Waals surface area (Å²) in [5.41, 5.74) is 0. The first-order chi connectivity index (χ1) is 9.99. The highest BCUT2D eigenvalue weighted by atomic mass is 79.9. The lowest BCUT2D eigenvalue weighted by Crippen LogP contribution is -2.06. The second-order valence-electron chi connectivity index (χ2n) is 4.81. The molecular weight excluding hydrogens is 337 g/mol. The second-order valence-corrected chi connectivity index (χ2v) is 5.67. The Morgan fingerprint density at radius 1 is 1.29 bits per heavy atom. The number of hydrogen-bond acceptors (Lipinski definition) is 4. The van der Waals surface area contributed by atoms with E-state index < -0.39 is 0 Å². The van der Waals surface area contributed by atoms with Gasteiger partial charge in [0.1, 0.15) is 23.2 Å². The van der Waals surface area contributed by atoms with Crippen molar-refractivity contribution in [3.05, 3.63) is 40.4 Å². The van der Waals surface area contributed by atoms with Gasteiger partial charge in [-0.2, -0.15) is 4.98 Å². The predicted molar refractivity (Wildman–Crippen MR) is 84.5 cm³/mol. The molecule has 21 heavy (non-hydrogen) atoms. The first-order valence-corrected chi connectivity index (χ1v) is 7.54. The third-order valence-corrected chi connectivity index (χ3v) is 3.36. The van der Waals surface area contributed by atoms with Crippen molar-refractivity contribution in [1.29, 1.82) is 0 Å². The Bertz CT molecular complexity index is 634. The highest BCUT2D eigenvalue weighted by molar-refractivity contribution is 9.10. The van der Waals surface area contributed by atoms with Crippen LogP contribution in [-0.2, 0) is 0 Å². The lowest BCUT2D eigenvalue weighted by atomic mass is 10.2. The summed E-state index contributed by atoms with van der Waals surface area (Å²) in [6.45, 7) is 6.75. The fraction of sp³-hybridized carbons (Fsp3) is 0.333. The van der Waals surface area contributed by atoms with E-state index in [0.717, 1.165) is 6.54 Å². The molecular formula is C15H17BrFN3O. The standard InChI is InChI=1S/C15H17BrFN3O/c1-4-18-13-8-14(20-15(19-13)9(2)3)21-12-7-10(17)5-6-11(12)16/h5-9H,4H2,1-3H3,(H,18,19,20). The average molecular weight is 354 g/mol. The molecule has 0 aliphatic heterocycles. The van der Waals surface area contributed by atoms with E-state index in [1.165, 1.54) is 12.1 Å². The minimum atomic E-state index is -0.363. The molecule has 0 atom stereocenters. The van der Waals surface area contributed by atoms with E-state index >= 15 is 0 Å². The number of aromatic nitrogens is 2. The first-order valence-electron chi connectivity index (χ1n) is 6.75. The van der Waals surface area contributed by atoms with Gasteiger partial charge < -0.3 is 10.1 Å². The summed E-state index contributed by atoms with van der Waals surface area (Å²) in [6, 6.07) is 5.97. The Kier molecular flexibility index (Phi) is 5.12. The lowest BCUT2D eigenvalue weighted by molar-refractivity contribution is 0.450. The van der Waals surface area contributed by atoms with Crippen LogP contribution in [0.25, 0.3) is 0 Å². The van der Waals surface area contributed by atoms with E-state index in [2.05, 4.69) is 31.2 Å². The van der Waals surface area contributed by atoms with Crippen molar-refractivity contribution in [2.75, 3.05) is 11.9 Å². The molecule has 0 saturated carbocycles. The van der Waals surface area contributed by atoms with Crippen LogP contribution in [0, 0.1) is 5.82 Å². The normalized spacial score (nSPS) is 10.8. The molecule has 2 aromatic rings. The molecule has 0 bridgehead atoms. The van der Waals surface area contributed by atoms with Gasteiger partial charge in [-0.25, -0.2) is 9.37 Å². The van der Waals surface area contributed by atoms with Crippen molar-refractivity contribution < 1.29 is 9.13 Å². The minimum Gasteiger partial charge on any atom is -0.438 e. The Balaban J connectivity index is 2.36. The maximum Gasteiger partial charge on any atom is 0.224 e. The van der Waals surface area contributed by atoms with E-state index in [0.29, 0.717) is 27.7 Å². The highest BCUT2D eigenvalue weighted by Gasteiger charge is 2.11. The number of hydrogen-bond donors (Lipinski definition) is 1. The molecule has 1 heterocycles. The number of halogens is 2. The molecule has 0 amide bonds. The molecule has 1 N–H and O–H groups in total. The third kappa shape index (κ3) is 4.14. The van der Waals surface area contributed by atoms with Gasteiger partial charge >= 0.3 is 0 Å². The second kappa shape index (κ2) is 6.85. The molecule has 4 nitrogen and oxygen atoms in total. The third-order valence-electron chi connectivity index (χ3n) is 2.70.